The Balaban J connectivity index is 1.46. The molecule has 0 spiro atoms. The molecular weight excluding hydrogens is 497 g/mol. The minimum atomic E-state index is -4.92. The van der Waals surface area contributed by atoms with Crippen LogP contribution in [0.25, 0.3) is 11.2 Å². The molecule has 2 aliphatic carbocycles. The van der Waals surface area contributed by atoms with Gasteiger partial charge in [-0.15, -0.1) is 0 Å². The van der Waals surface area contributed by atoms with Crippen molar-refractivity contribution in [1.82, 2.24) is 19.5 Å². The fraction of sp³-hybridized carbons (Fsp3) is 0.706. The standard InChI is InChI=1S/C17H21F6N6O4P/c18-16(19,20)6-32-34(30,33-7-17(21,22)23)9-31-15(3-4-15)5-29-8-25-11-12(26-10-1-2-10)27-14(24)28-13(11)29/h8,10H,1-7,9H2,(H3,24,26,27,28). The largest absolute Gasteiger partial charge is 0.412 e. The number of fused-ring (bicyclic) bond motifs is 1. The van der Waals surface area contributed by atoms with Crippen LogP contribution >= 0.6 is 7.60 Å². The lowest BCUT2D eigenvalue weighted by Crippen LogP contribution is -2.25. The molecule has 2 fully saturated rings. The minimum Gasteiger partial charge on any atom is -0.368 e. The third-order valence-corrected chi connectivity index (χ3v) is 6.53. The topological polar surface area (TPSA) is 126 Å². The van der Waals surface area contributed by atoms with Crippen molar-refractivity contribution in [2.75, 3.05) is 30.6 Å². The molecule has 2 heterocycles. The summed E-state index contributed by atoms with van der Waals surface area (Å²) in [6.07, 6.45) is -6.71. The van der Waals surface area contributed by atoms with Crippen LogP contribution in [-0.4, -0.2) is 63.1 Å². The van der Waals surface area contributed by atoms with Crippen LogP contribution < -0.4 is 11.1 Å². The molecule has 0 aromatic carbocycles. The van der Waals surface area contributed by atoms with Crippen LogP contribution in [0.5, 0.6) is 0 Å². The Hall–Kier alpha value is -2.16. The van der Waals surface area contributed by atoms with Crippen LogP contribution in [0.15, 0.2) is 6.33 Å². The Morgan fingerprint density at radius 1 is 1.12 bits per heavy atom. The molecular formula is C17H21F6N6O4P. The molecule has 34 heavy (non-hydrogen) atoms. The number of imidazole rings is 1. The smallest absolute Gasteiger partial charge is 0.368 e. The summed E-state index contributed by atoms with van der Waals surface area (Å²) in [5.41, 5.74) is 5.59. The molecule has 3 N–H and O–H groups in total. The molecule has 2 saturated carbocycles. The Kier molecular flexibility index (Phi) is 6.46. The van der Waals surface area contributed by atoms with E-state index in [1.54, 1.807) is 4.57 Å². The van der Waals surface area contributed by atoms with E-state index >= 15 is 0 Å². The number of nitrogen functional groups attached to an aromatic ring is 1. The second kappa shape index (κ2) is 8.81. The molecule has 2 aliphatic rings. The van der Waals surface area contributed by atoms with E-state index in [0.717, 1.165) is 12.8 Å². The first-order chi connectivity index (χ1) is 15.8. The first-order valence-electron chi connectivity index (χ1n) is 10.2. The van der Waals surface area contributed by atoms with E-state index in [1.165, 1.54) is 6.33 Å². The van der Waals surface area contributed by atoms with Gasteiger partial charge >= 0.3 is 19.9 Å². The number of anilines is 2. The molecule has 190 valence electrons. The lowest BCUT2D eigenvalue weighted by molar-refractivity contribution is -0.166. The van der Waals surface area contributed by atoms with Crippen molar-refractivity contribution in [3.05, 3.63) is 6.33 Å². The summed E-state index contributed by atoms with van der Waals surface area (Å²) in [6, 6.07) is 0.267. The van der Waals surface area contributed by atoms with E-state index < -0.39 is 45.1 Å². The van der Waals surface area contributed by atoms with Crippen molar-refractivity contribution in [1.29, 1.82) is 0 Å². The van der Waals surface area contributed by atoms with Crippen LogP contribution in [0.3, 0.4) is 0 Å². The van der Waals surface area contributed by atoms with Gasteiger partial charge in [-0.3, -0.25) is 13.6 Å². The lowest BCUT2D eigenvalue weighted by Gasteiger charge is -2.23. The zero-order valence-corrected chi connectivity index (χ0v) is 18.4. The van der Waals surface area contributed by atoms with Gasteiger partial charge in [0.05, 0.1) is 18.5 Å². The van der Waals surface area contributed by atoms with Gasteiger partial charge < -0.3 is 20.4 Å². The fourth-order valence-electron chi connectivity index (χ4n) is 3.07. The highest BCUT2D eigenvalue weighted by atomic mass is 31.2. The highest BCUT2D eigenvalue weighted by Gasteiger charge is 2.48. The van der Waals surface area contributed by atoms with Gasteiger partial charge in [0.25, 0.3) is 0 Å². The number of nitrogens with one attached hydrogen (secondary N) is 1. The summed E-state index contributed by atoms with van der Waals surface area (Å²) >= 11 is 0. The lowest BCUT2D eigenvalue weighted by atomic mass is 10.3. The number of ether oxygens (including phenoxy) is 1. The predicted molar refractivity (Wildman–Crippen MR) is 106 cm³/mol. The second-order valence-corrected chi connectivity index (χ2v) is 10.2. The summed E-state index contributed by atoms with van der Waals surface area (Å²) in [5.74, 6) is 0.453. The van der Waals surface area contributed by atoms with Crippen molar-refractivity contribution in [2.24, 2.45) is 0 Å². The highest BCUT2D eigenvalue weighted by molar-refractivity contribution is 7.53. The zero-order chi connectivity index (χ0) is 24.8. The average Bonchev–Trinajstić information content (AvgIpc) is 3.64. The Labute approximate surface area is 188 Å². The number of hydrogen-bond donors (Lipinski definition) is 2. The molecule has 4 rings (SSSR count). The van der Waals surface area contributed by atoms with Gasteiger partial charge in [-0.25, -0.2) is 4.98 Å². The molecule has 0 unspecified atom stereocenters. The van der Waals surface area contributed by atoms with E-state index in [9.17, 15) is 30.9 Å². The van der Waals surface area contributed by atoms with Gasteiger partial charge in [-0.05, 0) is 25.7 Å². The zero-order valence-electron chi connectivity index (χ0n) is 17.5. The SMILES string of the molecule is Nc1nc(NC2CC2)c2ncn(CC3(OCP(=O)(OCC(F)(F)F)OCC(F)(F)F)CC3)c2n1. The molecule has 0 aliphatic heterocycles. The van der Waals surface area contributed by atoms with Crippen LogP contribution in [-0.2, 0) is 24.9 Å². The van der Waals surface area contributed by atoms with Crippen molar-refractivity contribution in [3.8, 4) is 0 Å². The molecule has 2 aromatic rings. The van der Waals surface area contributed by atoms with E-state index in [4.69, 9.17) is 10.5 Å². The Morgan fingerprint density at radius 3 is 2.26 bits per heavy atom. The highest BCUT2D eigenvalue weighted by Crippen LogP contribution is 2.53. The molecule has 0 bridgehead atoms. The van der Waals surface area contributed by atoms with Crippen LogP contribution in [0.1, 0.15) is 25.7 Å². The number of hydrogen-bond acceptors (Lipinski definition) is 9. The second-order valence-electron chi connectivity index (χ2n) is 8.24. The maximum absolute atomic E-state index is 12.6. The molecule has 0 amide bonds. The maximum Gasteiger partial charge on any atom is 0.412 e. The summed E-state index contributed by atoms with van der Waals surface area (Å²) < 4.78 is 103. The normalized spacial score (nSPS) is 18.4. The minimum absolute atomic E-state index is 0.00577. The Morgan fingerprint density at radius 2 is 1.74 bits per heavy atom. The number of nitrogens with zero attached hydrogens (tertiary/aromatic N) is 4. The van der Waals surface area contributed by atoms with E-state index in [-0.39, 0.29) is 18.5 Å². The summed E-state index contributed by atoms with van der Waals surface area (Å²) in [5, 5.41) is 3.20. The van der Waals surface area contributed by atoms with Gasteiger partial charge in [0.1, 0.15) is 6.35 Å². The van der Waals surface area contributed by atoms with Crippen molar-refractivity contribution >= 4 is 30.5 Å². The summed E-state index contributed by atoms with van der Waals surface area (Å²) in [7, 11) is -4.87. The average molecular weight is 518 g/mol. The van der Waals surface area contributed by atoms with Crippen LogP contribution in [0.2, 0.25) is 0 Å². The number of rotatable bonds is 11. The molecule has 17 heteroatoms. The first kappa shape index (κ1) is 24.9. The number of aromatic nitrogens is 4. The van der Waals surface area contributed by atoms with E-state index in [0.29, 0.717) is 29.8 Å². The third-order valence-electron chi connectivity index (χ3n) is 5.04. The quantitative estimate of drug-likeness (QED) is 0.337. The maximum atomic E-state index is 12.6. The van der Waals surface area contributed by atoms with E-state index in [2.05, 4.69) is 29.3 Å². The van der Waals surface area contributed by atoms with Gasteiger partial charge in [0.2, 0.25) is 5.95 Å². The molecule has 2 aromatic heterocycles. The molecule has 0 atom stereocenters. The van der Waals surface area contributed by atoms with Gasteiger partial charge in [0, 0.05) is 6.04 Å². The summed E-state index contributed by atoms with van der Waals surface area (Å²) in [6.45, 7) is -4.00. The van der Waals surface area contributed by atoms with Crippen molar-refractivity contribution in [3.63, 3.8) is 0 Å². The number of nitrogens with two attached hydrogens (primary N) is 1. The molecule has 10 nitrogen and oxygen atoms in total. The van der Waals surface area contributed by atoms with Crippen LogP contribution in [0.4, 0.5) is 38.1 Å². The molecule has 0 radical (unpaired) electrons. The van der Waals surface area contributed by atoms with Crippen molar-refractivity contribution in [2.45, 2.75) is 56.2 Å². The van der Waals surface area contributed by atoms with Gasteiger partial charge in [-0.1, -0.05) is 0 Å². The third kappa shape index (κ3) is 6.71. The van der Waals surface area contributed by atoms with Gasteiger partial charge in [0.15, 0.2) is 30.2 Å². The first-order valence-corrected chi connectivity index (χ1v) is 11.9. The predicted octanol–water partition coefficient (Wildman–Crippen LogP) is 3.84. The number of halogens is 6. The molecule has 0 saturated heterocycles. The monoisotopic (exact) mass is 518 g/mol. The summed E-state index contributed by atoms with van der Waals surface area (Å²) in [4.78, 5) is 12.6. The van der Waals surface area contributed by atoms with Crippen molar-refractivity contribution < 1.29 is 44.7 Å². The number of alkyl halides is 6. The Bertz CT molecular complexity index is 1060. The fourth-order valence-corrected chi connectivity index (χ4v) is 4.41. The van der Waals surface area contributed by atoms with E-state index in [1.807, 2.05) is 0 Å². The van der Waals surface area contributed by atoms with Crippen LogP contribution in [0, 0.1) is 0 Å². The van der Waals surface area contributed by atoms with Gasteiger partial charge in [-0.2, -0.15) is 36.3 Å².